The van der Waals surface area contributed by atoms with Crippen molar-refractivity contribution < 1.29 is 23.9 Å². The number of esters is 1. The van der Waals surface area contributed by atoms with Gasteiger partial charge < -0.3 is 20.5 Å². The Kier molecular flexibility index (Phi) is 7.51. The van der Waals surface area contributed by atoms with Crippen molar-refractivity contribution in [3.05, 3.63) is 48.2 Å². The molecule has 1 atom stereocenters. The summed E-state index contributed by atoms with van der Waals surface area (Å²) in [7, 11) is 0. The molecule has 2 aromatic carbocycles. The Balaban J connectivity index is 2.06. The quantitative estimate of drug-likeness (QED) is 0.464. The van der Waals surface area contributed by atoms with Crippen LogP contribution in [0.2, 0.25) is 0 Å². The zero-order valence-corrected chi connectivity index (χ0v) is 22.8. The molecule has 3 N–H and O–H groups in total. The lowest BCUT2D eigenvalue weighted by molar-refractivity contribution is -0.161. The fraction of sp³-hybridized carbons (Fsp3) is 0.429. The van der Waals surface area contributed by atoms with E-state index in [1.165, 1.54) is 17.8 Å². The number of rotatable bonds is 5. The highest BCUT2D eigenvalue weighted by Crippen LogP contribution is 2.36. The van der Waals surface area contributed by atoms with Gasteiger partial charge in [-0.1, -0.05) is 30.3 Å². The van der Waals surface area contributed by atoms with Gasteiger partial charge in [-0.05, 0) is 65.7 Å². The molecule has 3 rings (SSSR count). The molecule has 0 bridgehead atoms. The van der Waals surface area contributed by atoms with Crippen LogP contribution in [0.4, 0.5) is 10.5 Å². The molecule has 37 heavy (non-hydrogen) atoms. The molecule has 1 heterocycles. The number of nitrogens with two attached hydrogens (primary N) is 1. The molecule has 0 saturated heterocycles. The highest BCUT2D eigenvalue weighted by Gasteiger charge is 2.37. The first-order chi connectivity index (χ1) is 17.1. The third kappa shape index (κ3) is 6.17. The van der Waals surface area contributed by atoms with E-state index in [1.54, 1.807) is 39.8 Å². The van der Waals surface area contributed by atoms with Crippen LogP contribution >= 0.6 is 0 Å². The number of ether oxygens (including phenoxy) is 2. The number of nitrogens with one attached hydrogen (secondary N) is 1. The van der Waals surface area contributed by atoms with Gasteiger partial charge in [0.1, 0.15) is 16.6 Å². The van der Waals surface area contributed by atoms with E-state index in [4.69, 9.17) is 15.2 Å². The van der Waals surface area contributed by atoms with Crippen molar-refractivity contribution in [3.63, 3.8) is 0 Å². The largest absolute Gasteiger partial charge is 0.459 e. The molecule has 9 nitrogen and oxygen atoms in total. The van der Waals surface area contributed by atoms with Crippen LogP contribution < -0.4 is 11.1 Å². The summed E-state index contributed by atoms with van der Waals surface area (Å²) in [5, 5.41) is 7.68. The maximum atomic E-state index is 12.9. The predicted octanol–water partition coefficient (Wildman–Crippen LogP) is 5.00. The lowest BCUT2D eigenvalue weighted by atomic mass is 9.81. The van der Waals surface area contributed by atoms with Gasteiger partial charge in [0.25, 0.3) is 0 Å². The number of hydrogen-bond acceptors (Lipinski definition) is 7. The van der Waals surface area contributed by atoms with Crippen molar-refractivity contribution in [2.45, 2.75) is 72.0 Å². The fourth-order valence-electron chi connectivity index (χ4n) is 3.83. The molecule has 0 fully saturated rings. The van der Waals surface area contributed by atoms with Crippen LogP contribution in [0.5, 0.6) is 0 Å². The molecule has 3 aromatic rings. The van der Waals surface area contributed by atoms with Gasteiger partial charge in [0.2, 0.25) is 5.91 Å². The fourth-order valence-corrected chi connectivity index (χ4v) is 3.83. The molecule has 0 aliphatic heterocycles. The first-order valence-corrected chi connectivity index (χ1v) is 12.1. The monoisotopic (exact) mass is 508 g/mol. The second-order valence-corrected chi connectivity index (χ2v) is 11.3. The lowest BCUT2D eigenvalue weighted by Crippen LogP contribution is -2.44. The van der Waals surface area contributed by atoms with Crippen molar-refractivity contribution >= 4 is 34.6 Å². The van der Waals surface area contributed by atoms with Crippen molar-refractivity contribution in [2.24, 2.45) is 5.73 Å². The molecule has 0 aliphatic carbocycles. The minimum atomic E-state index is -1.02. The zero-order chi connectivity index (χ0) is 27.8. The van der Waals surface area contributed by atoms with E-state index < -0.39 is 28.7 Å². The highest BCUT2D eigenvalue weighted by molar-refractivity contribution is 6.08. The summed E-state index contributed by atoms with van der Waals surface area (Å²) in [5.41, 5.74) is 6.92. The van der Waals surface area contributed by atoms with Gasteiger partial charge in [-0.2, -0.15) is 9.78 Å². The molecular formula is C28H36N4O5. The summed E-state index contributed by atoms with van der Waals surface area (Å²) >= 11 is 0. The van der Waals surface area contributed by atoms with E-state index in [2.05, 4.69) is 10.4 Å². The minimum absolute atomic E-state index is 0.0776. The van der Waals surface area contributed by atoms with Crippen LogP contribution in [0, 0.1) is 0 Å². The Labute approximate surface area is 217 Å². The lowest BCUT2D eigenvalue weighted by Gasteiger charge is -2.31. The number of hydrogen-bond donors (Lipinski definition) is 2. The maximum Gasteiger partial charge on any atom is 0.435 e. The van der Waals surface area contributed by atoms with Crippen molar-refractivity contribution in [3.8, 4) is 11.1 Å². The average molecular weight is 509 g/mol. The van der Waals surface area contributed by atoms with Crippen LogP contribution in [0.3, 0.4) is 0 Å². The number of carbonyl (C=O) groups is 3. The molecular weight excluding hydrogens is 472 g/mol. The van der Waals surface area contributed by atoms with Gasteiger partial charge in [-0.15, -0.1) is 0 Å². The van der Waals surface area contributed by atoms with Gasteiger partial charge >= 0.3 is 12.1 Å². The molecule has 198 valence electrons. The van der Waals surface area contributed by atoms with Gasteiger partial charge in [0.05, 0.1) is 17.4 Å². The normalized spacial score (nSPS) is 13.6. The summed E-state index contributed by atoms with van der Waals surface area (Å²) in [6, 6.07) is 10.9. The summed E-state index contributed by atoms with van der Waals surface area (Å²) in [5.74, 6) is -0.666. The van der Waals surface area contributed by atoms with Crippen molar-refractivity contribution in [1.29, 1.82) is 0 Å². The van der Waals surface area contributed by atoms with E-state index in [0.29, 0.717) is 22.2 Å². The topological polar surface area (TPSA) is 126 Å². The van der Waals surface area contributed by atoms with Crippen LogP contribution in [-0.2, 0) is 24.5 Å². The summed E-state index contributed by atoms with van der Waals surface area (Å²) in [4.78, 5) is 37.7. The first-order valence-electron chi connectivity index (χ1n) is 12.1. The van der Waals surface area contributed by atoms with E-state index in [0.717, 1.165) is 11.1 Å². The van der Waals surface area contributed by atoms with Gasteiger partial charge in [0, 0.05) is 24.4 Å². The van der Waals surface area contributed by atoms with Crippen LogP contribution in [0.25, 0.3) is 22.0 Å². The second-order valence-electron chi connectivity index (χ2n) is 11.3. The van der Waals surface area contributed by atoms with Crippen LogP contribution in [0.1, 0.15) is 61.0 Å². The van der Waals surface area contributed by atoms with Gasteiger partial charge in [-0.25, -0.2) is 4.79 Å². The smallest absolute Gasteiger partial charge is 0.435 e. The number of nitrogens with zero attached hydrogens (tertiary/aromatic N) is 2. The molecule has 0 aliphatic rings. The molecule has 1 unspecified atom stereocenters. The zero-order valence-electron chi connectivity index (χ0n) is 22.8. The molecule has 0 saturated carbocycles. The molecule has 1 amide bonds. The van der Waals surface area contributed by atoms with E-state index in [9.17, 15) is 14.4 Å². The van der Waals surface area contributed by atoms with E-state index in [1.807, 2.05) is 45.0 Å². The Hall–Kier alpha value is -3.72. The number of benzene rings is 2. The van der Waals surface area contributed by atoms with Gasteiger partial charge in [0.15, 0.2) is 0 Å². The average Bonchev–Trinajstić information content (AvgIpc) is 3.21. The number of fused-ring (bicyclic) bond motifs is 1. The number of anilines is 1. The summed E-state index contributed by atoms with van der Waals surface area (Å²) in [6.45, 7) is 14.0. The first kappa shape index (κ1) is 27.9. The standard InChI is InChI=1S/C28H36N4O5/c1-17(33)31-23-20(13-14-22-21(23)15-30-32(22)25(35)37-27(5,6)7)18-9-11-19(12-10-18)28(8,16-29)24(34)36-26(2,3)4/h9-15H,16,29H2,1-8H3,(H,31,33). The Morgan fingerprint density at radius 1 is 0.919 bits per heavy atom. The number of carbonyl (C=O) groups excluding carboxylic acids is 3. The molecule has 0 radical (unpaired) electrons. The Bertz CT molecular complexity index is 1330. The third-order valence-electron chi connectivity index (χ3n) is 5.71. The second kappa shape index (κ2) is 9.97. The third-order valence-corrected chi connectivity index (χ3v) is 5.71. The number of aromatic nitrogens is 2. The SMILES string of the molecule is CC(=O)Nc1c(-c2ccc(C(C)(CN)C(=O)OC(C)(C)C)cc2)ccc2c1cnn2C(=O)OC(C)(C)C. The van der Waals surface area contributed by atoms with Gasteiger partial charge in [-0.3, -0.25) is 9.59 Å². The molecule has 9 heteroatoms. The van der Waals surface area contributed by atoms with Crippen LogP contribution in [0.15, 0.2) is 42.6 Å². The Morgan fingerprint density at radius 3 is 2.03 bits per heavy atom. The highest BCUT2D eigenvalue weighted by atomic mass is 16.6. The predicted molar refractivity (Wildman–Crippen MR) is 143 cm³/mol. The minimum Gasteiger partial charge on any atom is -0.459 e. The Morgan fingerprint density at radius 2 is 1.51 bits per heavy atom. The molecule has 0 spiro atoms. The van der Waals surface area contributed by atoms with E-state index in [-0.39, 0.29) is 12.5 Å². The van der Waals surface area contributed by atoms with Crippen LogP contribution in [-0.4, -0.2) is 45.5 Å². The number of amides is 1. The van der Waals surface area contributed by atoms with E-state index >= 15 is 0 Å². The summed E-state index contributed by atoms with van der Waals surface area (Å²) in [6.07, 6.45) is 0.910. The molecule has 1 aromatic heterocycles. The summed E-state index contributed by atoms with van der Waals surface area (Å²) < 4.78 is 12.2. The van der Waals surface area contributed by atoms with Crippen molar-refractivity contribution in [2.75, 3.05) is 11.9 Å². The maximum absolute atomic E-state index is 12.9. The van der Waals surface area contributed by atoms with Crippen molar-refractivity contribution in [1.82, 2.24) is 9.78 Å².